The summed E-state index contributed by atoms with van der Waals surface area (Å²) < 4.78 is 5.83. The third-order valence-electron chi connectivity index (χ3n) is 3.83. The van der Waals surface area contributed by atoms with Crippen LogP contribution in [-0.4, -0.2) is 32.3 Å². The number of anilines is 1. The Hall–Kier alpha value is -1.06. The highest BCUT2D eigenvalue weighted by Crippen LogP contribution is 2.30. The Morgan fingerprint density at radius 1 is 1.26 bits per heavy atom. The monoisotopic (exact) mass is 262 g/mol. The Labute approximate surface area is 116 Å². The molecular weight excluding hydrogens is 236 g/mol. The maximum atomic E-state index is 5.83. The van der Waals surface area contributed by atoms with Crippen molar-refractivity contribution in [3.05, 3.63) is 29.8 Å². The van der Waals surface area contributed by atoms with Crippen LogP contribution >= 0.6 is 0 Å². The molecule has 1 aromatic carbocycles. The number of nitrogens with zero attached hydrogens (tertiary/aromatic N) is 1. The molecule has 1 heterocycles. The standard InChI is InChI=1S/C16H26N2O/c1-5-15(17-4)14-8-6-7-9-16(14)18-10-12(2)19-13(3)11-18/h6-9,12-13,15,17H,5,10-11H2,1-4H3. The fourth-order valence-corrected chi connectivity index (χ4v) is 3.02. The minimum Gasteiger partial charge on any atom is -0.372 e. The predicted octanol–water partition coefficient (Wildman–Crippen LogP) is 2.97. The minimum atomic E-state index is 0.298. The molecule has 3 heteroatoms. The molecule has 0 aliphatic carbocycles. The highest BCUT2D eigenvalue weighted by atomic mass is 16.5. The van der Waals surface area contributed by atoms with Gasteiger partial charge in [-0.2, -0.15) is 0 Å². The molecule has 1 N–H and O–H groups in total. The average molecular weight is 262 g/mol. The highest BCUT2D eigenvalue weighted by Gasteiger charge is 2.25. The van der Waals surface area contributed by atoms with Gasteiger partial charge in [0.2, 0.25) is 0 Å². The van der Waals surface area contributed by atoms with Crippen molar-refractivity contribution in [1.82, 2.24) is 5.32 Å². The van der Waals surface area contributed by atoms with Gasteiger partial charge < -0.3 is 15.0 Å². The second kappa shape index (κ2) is 6.40. The maximum Gasteiger partial charge on any atom is 0.0726 e. The first-order valence-electron chi connectivity index (χ1n) is 7.32. The maximum absolute atomic E-state index is 5.83. The fraction of sp³-hybridized carbons (Fsp3) is 0.625. The van der Waals surface area contributed by atoms with Crippen LogP contribution in [0.25, 0.3) is 0 Å². The molecule has 1 saturated heterocycles. The quantitative estimate of drug-likeness (QED) is 0.903. The first-order chi connectivity index (χ1) is 9.15. The molecule has 2 rings (SSSR count). The molecule has 0 aromatic heterocycles. The molecule has 19 heavy (non-hydrogen) atoms. The van der Waals surface area contributed by atoms with E-state index in [4.69, 9.17) is 4.74 Å². The number of nitrogens with one attached hydrogen (secondary N) is 1. The van der Waals surface area contributed by atoms with Crippen molar-refractivity contribution < 1.29 is 4.74 Å². The second-order valence-electron chi connectivity index (χ2n) is 5.47. The molecule has 1 aliphatic rings. The van der Waals surface area contributed by atoms with E-state index in [0.717, 1.165) is 19.5 Å². The molecule has 0 saturated carbocycles. The Morgan fingerprint density at radius 3 is 2.47 bits per heavy atom. The van der Waals surface area contributed by atoms with Crippen LogP contribution < -0.4 is 10.2 Å². The van der Waals surface area contributed by atoms with E-state index in [0.29, 0.717) is 18.2 Å². The van der Waals surface area contributed by atoms with Gasteiger partial charge in [-0.25, -0.2) is 0 Å². The van der Waals surface area contributed by atoms with Crippen LogP contribution in [-0.2, 0) is 4.74 Å². The van der Waals surface area contributed by atoms with Gasteiger partial charge in [0.25, 0.3) is 0 Å². The Morgan fingerprint density at radius 2 is 1.89 bits per heavy atom. The largest absolute Gasteiger partial charge is 0.372 e. The first-order valence-corrected chi connectivity index (χ1v) is 7.32. The van der Waals surface area contributed by atoms with Gasteiger partial charge in [0, 0.05) is 24.8 Å². The topological polar surface area (TPSA) is 24.5 Å². The summed E-state index contributed by atoms with van der Waals surface area (Å²) in [6, 6.07) is 9.16. The van der Waals surface area contributed by atoms with Crippen molar-refractivity contribution in [3.8, 4) is 0 Å². The number of ether oxygens (including phenoxy) is 1. The van der Waals surface area contributed by atoms with Gasteiger partial charge in [0.15, 0.2) is 0 Å². The van der Waals surface area contributed by atoms with Crippen molar-refractivity contribution in [2.45, 2.75) is 45.4 Å². The van der Waals surface area contributed by atoms with E-state index in [9.17, 15) is 0 Å². The number of para-hydroxylation sites is 1. The zero-order valence-electron chi connectivity index (χ0n) is 12.5. The van der Waals surface area contributed by atoms with E-state index in [1.54, 1.807) is 0 Å². The van der Waals surface area contributed by atoms with Crippen molar-refractivity contribution in [1.29, 1.82) is 0 Å². The Kier molecular flexibility index (Phi) is 4.83. The van der Waals surface area contributed by atoms with Crippen LogP contribution in [0.1, 0.15) is 38.8 Å². The van der Waals surface area contributed by atoms with Crippen molar-refractivity contribution >= 4 is 5.69 Å². The summed E-state index contributed by atoms with van der Waals surface area (Å²) in [5, 5.41) is 3.41. The zero-order valence-corrected chi connectivity index (χ0v) is 12.5. The lowest BCUT2D eigenvalue weighted by atomic mass is 10.0. The van der Waals surface area contributed by atoms with Crippen LogP contribution in [0.3, 0.4) is 0 Å². The molecule has 0 spiro atoms. The van der Waals surface area contributed by atoms with Crippen LogP contribution in [0.4, 0.5) is 5.69 Å². The summed E-state index contributed by atoms with van der Waals surface area (Å²) in [4.78, 5) is 2.47. The molecule has 1 aromatic rings. The number of morpholine rings is 1. The summed E-state index contributed by atoms with van der Waals surface area (Å²) >= 11 is 0. The summed E-state index contributed by atoms with van der Waals surface area (Å²) in [5.41, 5.74) is 2.75. The molecule has 106 valence electrons. The van der Waals surface area contributed by atoms with Crippen LogP contribution in [0.2, 0.25) is 0 Å². The van der Waals surface area contributed by atoms with Crippen LogP contribution in [0.15, 0.2) is 24.3 Å². The molecule has 0 amide bonds. The van der Waals surface area contributed by atoms with Crippen LogP contribution in [0, 0.1) is 0 Å². The van der Waals surface area contributed by atoms with Crippen molar-refractivity contribution in [2.24, 2.45) is 0 Å². The average Bonchev–Trinajstić information content (AvgIpc) is 2.39. The molecular formula is C16H26N2O. The van der Waals surface area contributed by atoms with E-state index in [1.807, 2.05) is 7.05 Å². The number of benzene rings is 1. The first kappa shape index (κ1) is 14.4. The molecule has 1 aliphatic heterocycles. The van der Waals surface area contributed by atoms with Crippen LogP contribution in [0.5, 0.6) is 0 Å². The molecule has 3 atom stereocenters. The van der Waals surface area contributed by atoms with Gasteiger partial charge in [0.1, 0.15) is 0 Å². The third-order valence-corrected chi connectivity index (χ3v) is 3.83. The molecule has 3 nitrogen and oxygen atoms in total. The van der Waals surface area contributed by atoms with E-state index in [2.05, 4.69) is 55.3 Å². The SMILES string of the molecule is CCC(NC)c1ccccc1N1CC(C)OC(C)C1. The summed E-state index contributed by atoms with van der Waals surface area (Å²) in [7, 11) is 2.04. The molecule has 0 radical (unpaired) electrons. The van der Waals surface area contributed by atoms with Crippen molar-refractivity contribution in [2.75, 3.05) is 25.0 Å². The highest BCUT2D eigenvalue weighted by molar-refractivity contribution is 5.55. The normalized spacial score (nSPS) is 25.4. The summed E-state index contributed by atoms with van der Waals surface area (Å²) in [6.45, 7) is 8.48. The van der Waals surface area contributed by atoms with Gasteiger partial charge in [-0.05, 0) is 38.9 Å². The van der Waals surface area contributed by atoms with Gasteiger partial charge in [-0.3, -0.25) is 0 Å². The number of rotatable bonds is 4. The van der Waals surface area contributed by atoms with E-state index < -0.39 is 0 Å². The molecule has 0 bridgehead atoms. The summed E-state index contributed by atoms with van der Waals surface area (Å²) in [5.74, 6) is 0. The van der Waals surface area contributed by atoms with Gasteiger partial charge in [-0.1, -0.05) is 25.1 Å². The summed E-state index contributed by atoms with van der Waals surface area (Å²) in [6.07, 6.45) is 1.70. The zero-order chi connectivity index (χ0) is 13.8. The lowest BCUT2D eigenvalue weighted by Crippen LogP contribution is -2.46. The Bertz CT molecular complexity index is 393. The Balaban J connectivity index is 2.28. The van der Waals surface area contributed by atoms with E-state index in [1.165, 1.54) is 11.3 Å². The smallest absolute Gasteiger partial charge is 0.0726 e. The van der Waals surface area contributed by atoms with E-state index >= 15 is 0 Å². The number of hydrogen-bond donors (Lipinski definition) is 1. The van der Waals surface area contributed by atoms with Gasteiger partial charge >= 0.3 is 0 Å². The minimum absolute atomic E-state index is 0.298. The fourth-order valence-electron chi connectivity index (χ4n) is 3.02. The van der Waals surface area contributed by atoms with Gasteiger partial charge in [-0.15, -0.1) is 0 Å². The predicted molar refractivity (Wildman–Crippen MR) is 80.8 cm³/mol. The third kappa shape index (κ3) is 3.28. The lowest BCUT2D eigenvalue weighted by molar-refractivity contribution is -0.00528. The molecule has 3 unspecified atom stereocenters. The van der Waals surface area contributed by atoms with Gasteiger partial charge in [0.05, 0.1) is 12.2 Å². The lowest BCUT2D eigenvalue weighted by Gasteiger charge is -2.38. The number of hydrogen-bond acceptors (Lipinski definition) is 3. The van der Waals surface area contributed by atoms with E-state index in [-0.39, 0.29) is 0 Å². The van der Waals surface area contributed by atoms with Crippen molar-refractivity contribution in [3.63, 3.8) is 0 Å². The second-order valence-corrected chi connectivity index (χ2v) is 5.47. The molecule has 1 fully saturated rings.